The number of para-hydroxylation sites is 1. The van der Waals surface area contributed by atoms with Crippen molar-refractivity contribution >= 4 is 30.5 Å². The van der Waals surface area contributed by atoms with Gasteiger partial charge in [0.15, 0.2) is 0 Å². The summed E-state index contributed by atoms with van der Waals surface area (Å²) >= 11 is 0. The molecule has 0 fully saturated rings. The summed E-state index contributed by atoms with van der Waals surface area (Å²) in [6.45, 7) is 6.60. The number of nitrogens with one attached hydrogen (secondary N) is 2. The predicted molar refractivity (Wildman–Crippen MR) is 123 cm³/mol. The normalized spacial score (nSPS) is 11.9. The standard InChI is InChI=1S/C24H27N2O2P/c1-18-11-7-9-15-22(18)29(23-16-10-8-12-19(23)2)28-17-20(3)25-24(27)26-21-13-5-4-6-14-21/h4-16,20H,17H2,1-3H3,(H2,25,26,27)/t20-/m0/s1. The van der Waals surface area contributed by atoms with Gasteiger partial charge >= 0.3 is 6.03 Å². The lowest BCUT2D eigenvalue weighted by Crippen LogP contribution is -2.39. The molecule has 0 spiro atoms. The molecule has 0 saturated heterocycles. The average molecular weight is 406 g/mol. The Hall–Kier alpha value is -2.68. The number of benzene rings is 3. The van der Waals surface area contributed by atoms with Crippen molar-refractivity contribution in [2.24, 2.45) is 0 Å². The maximum Gasteiger partial charge on any atom is 0.319 e. The van der Waals surface area contributed by atoms with E-state index in [0.717, 1.165) is 5.69 Å². The van der Waals surface area contributed by atoms with E-state index in [0.29, 0.717) is 6.61 Å². The summed E-state index contributed by atoms with van der Waals surface area (Å²) in [7, 11) is -0.970. The van der Waals surface area contributed by atoms with Gasteiger partial charge in [-0.15, -0.1) is 0 Å². The van der Waals surface area contributed by atoms with Gasteiger partial charge in [-0.3, -0.25) is 0 Å². The number of anilines is 1. The molecule has 2 amide bonds. The molecule has 0 bridgehead atoms. The van der Waals surface area contributed by atoms with Crippen molar-refractivity contribution < 1.29 is 9.32 Å². The van der Waals surface area contributed by atoms with Gasteiger partial charge in [0.2, 0.25) is 0 Å². The average Bonchev–Trinajstić information content (AvgIpc) is 2.71. The number of hydrogen-bond donors (Lipinski definition) is 2. The van der Waals surface area contributed by atoms with Gasteiger partial charge in [0.1, 0.15) is 0 Å². The number of aryl methyl sites for hydroxylation is 2. The summed E-state index contributed by atoms with van der Waals surface area (Å²) in [4.78, 5) is 12.2. The van der Waals surface area contributed by atoms with Crippen LogP contribution in [-0.4, -0.2) is 18.7 Å². The second kappa shape index (κ2) is 10.2. The van der Waals surface area contributed by atoms with Crippen LogP contribution in [0.5, 0.6) is 0 Å². The molecule has 0 aliphatic heterocycles. The summed E-state index contributed by atoms with van der Waals surface area (Å²) in [6, 6.07) is 25.7. The second-order valence-electron chi connectivity index (χ2n) is 7.03. The van der Waals surface area contributed by atoms with Gasteiger partial charge in [-0.2, -0.15) is 0 Å². The van der Waals surface area contributed by atoms with Crippen LogP contribution >= 0.6 is 8.15 Å². The van der Waals surface area contributed by atoms with Gasteiger partial charge in [0.25, 0.3) is 0 Å². The van der Waals surface area contributed by atoms with E-state index < -0.39 is 8.15 Å². The van der Waals surface area contributed by atoms with Crippen molar-refractivity contribution in [1.82, 2.24) is 5.32 Å². The molecule has 0 radical (unpaired) electrons. The van der Waals surface area contributed by atoms with Gasteiger partial charge in [0, 0.05) is 16.3 Å². The lowest BCUT2D eigenvalue weighted by molar-refractivity contribution is 0.241. The van der Waals surface area contributed by atoms with Crippen LogP contribution < -0.4 is 21.2 Å². The summed E-state index contributed by atoms with van der Waals surface area (Å²) in [6.07, 6.45) is 0. The number of carbonyl (C=O) groups excluding carboxylic acids is 1. The first-order valence-electron chi connectivity index (χ1n) is 9.71. The van der Waals surface area contributed by atoms with Crippen LogP contribution in [0, 0.1) is 13.8 Å². The molecule has 0 saturated carbocycles. The monoisotopic (exact) mass is 406 g/mol. The molecule has 4 nitrogen and oxygen atoms in total. The van der Waals surface area contributed by atoms with Gasteiger partial charge in [0.05, 0.1) is 20.8 Å². The molecular weight excluding hydrogens is 379 g/mol. The fourth-order valence-corrected chi connectivity index (χ4v) is 5.13. The SMILES string of the molecule is Cc1ccccc1P(OC[C@H](C)NC(=O)Nc1ccccc1)c1ccccc1C. The fraction of sp³-hybridized carbons (Fsp3) is 0.208. The maximum atomic E-state index is 12.2. The second-order valence-corrected chi connectivity index (χ2v) is 8.84. The number of carbonyl (C=O) groups is 1. The van der Waals surface area contributed by atoms with Crippen LogP contribution in [0.2, 0.25) is 0 Å². The summed E-state index contributed by atoms with van der Waals surface area (Å²) in [5, 5.41) is 8.21. The van der Waals surface area contributed by atoms with Crippen molar-refractivity contribution in [3.8, 4) is 0 Å². The first-order chi connectivity index (χ1) is 14.0. The van der Waals surface area contributed by atoms with Gasteiger partial charge in [-0.25, -0.2) is 4.79 Å². The van der Waals surface area contributed by atoms with E-state index in [2.05, 4.69) is 48.7 Å². The van der Waals surface area contributed by atoms with Crippen molar-refractivity contribution in [2.45, 2.75) is 26.8 Å². The number of urea groups is 1. The molecule has 0 unspecified atom stereocenters. The Morgan fingerprint density at radius 2 is 1.38 bits per heavy atom. The van der Waals surface area contributed by atoms with E-state index in [1.807, 2.05) is 61.5 Å². The Bertz CT molecular complexity index is 901. The number of rotatable bonds is 7. The minimum absolute atomic E-state index is 0.128. The van der Waals surface area contributed by atoms with E-state index in [4.69, 9.17) is 4.52 Å². The van der Waals surface area contributed by atoms with Gasteiger partial charge in [-0.1, -0.05) is 66.7 Å². The molecule has 2 N–H and O–H groups in total. The highest BCUT2D eigenvalue weighted by Crippen LogP contribution is 2.37. The predicted octanol–water partition coefficient (Wildman–Crippen LogP) is 4.88. The summed E-state index contributed by atoms with van der Waals surface area (Å²) in [5.74, 6) is 0. The van der Waals surface area contributed by atoms with Crippen LogP contribution in [-0.2, 0) is 4.52 Å². The molecule has 1 atom stereocenters. The van der Waals surface area contributed by atoms with E-state index in [9.17, 15) is 4.79 Å². The molecule has 150 valence electrons. The molecule has 0 aromatic heterocycles. The molecule has 5 heteroatoms. The third kappa shape index (κ3) is 5.90. The maximum absolute atomic E-state index is 12.2. The highest BCUT2D eigenvalue weighted by molar-refractivity contribution is 7.68. The van der Waals surface area contributed by atoms with Gasteiger partial charge < -0.3 is 15.2 Å². The Morgan fingerprint density at radius 1 is 0.862 bits per heavy atom. The Kier molecular flexibility index (Phi) is 7.40. The molecule has 3 aromatic rings. The van der Waals surface area contributed by atoms with Crippen molar-refractivity contribution in [3.63, 3.8) is 0 Å². The van der Waals surface area contributed by atoms with Crippen molar-refractivity contribution in [3.05, 3.63) is 90.0 Å². The lowest BCUT2D eigenvalue weighted by Gasteiger charge is -2.24. The zero-order chi connectivity index (χ0) is 20.6. The molecule has 0 aliphatic rings. The van der Waals surface area contributed by atoms with Crippen LogP contribution in [0.4, 0.5) is 10.5 Å². The Balaban J connectivity index is 1.68. The van der Waals surface area contributed by atoms with Crippen molar-refractivity contribution in [2.75, 3.05) is 11.9 Å². The first kappa shape index (κ1) is 21.0. The largest absolute Gasteiger partial charge is 0.348 e. The zero-order valence-corrected chi connectivity index (χ0v) is 17.9. The minimum atomic E-state index is -0.970. The fourth-order valence-electron chi connectivity index (χ4n) is 2.99. The smallest absolute Gasteiger partial charge is 0.319 e. The van der Waals surface area contributed by atoms with E-state index in [1.54, 1.807) is 0 Å². The zero-order valence-electron chi connectivity index (χ0n) is 17.1. The van der Waals surface area contributed by atoms with Crippen LogP contribution in [0.25, 0.3) is 0 Å². The molecule has 0 aliphatic carbocycles. The lowest BCUT2D eigenvalue weighted by atomic mass is 10.2. The molecule has 3 aromatic carbocycles. The Morgan fingerprint density at radius 3 is 1.93 bits per heavy atom. The molecular formula is C24H27N2O2P. The first-order valence-corrected chi connectivity index (χ1v) is 11.0. The summed E-state index contributed by atoms with van der Waals surface area (Å²) < 4.78 is 6.41. The highest BCUT2D eigenvalue weighted by atomic mass is 31.1. The quantitative estimate of drug-likeness (QED) is 0.550. The van der Waals surface area contributed by atoms with Crippen LogP contribution in [0.1, 0.15) is 18.1 Å². The van der Waals surface area contributed by atoms with Crippen molar-refractivity contribution in [1.29, 1.82) is 0 Å². The summed E-state index contributed by atoms with van der Waals surface area (Å²) in [5.41, 5.74) is 3.19. The highest BCUT2D eigenvalue weighted by Gasteiger charge is 2.20. The van der Waals surface area contributed by atoms with E-state index in [1.165, 1.54) is 21.7 Å². The van der Waals surface area contributed by atoms with Crippen LogP contribution in [0.15, 0.2) is 78.9 Å². The third-order valence-electron chi connectivity index (χ3n) is 4.53. The minimum Gasteiger partial charge on any atom is -0.348 e. The topological polar surface area (TPSA) is 50.4 Å². The number of hydrogen-bond acceptors (Lipinski definition) is 2. The molecule has 3 rings (SSSR count). The third-order valence-corrected chi connectivity index (χ3v) is 6.82. The van der Waals surface area contributed by atoms with E-state index >= 15 is 0 Å². The molecule has 29 heavy (non-hydrogen) atoms. The van der Waals surface area contributed by atoms with E-state index in [-0.39, 0.29) is 12.1 Å². The van der Waals surface area contributed by atoms with Gasteiger partial charge in [-0.05, 0) is 44.0 Å². The number of amides is 2. The van der Waals surface area contributed by atoms with Crippen LogP contribution in [0.3, 0.4) is 0 Å². The Labute approximate surface area is 174 Å². The molecule has 0 heterocycles.